The molecule has 0 spiro atoms. The molecule has 1 atom stereocenters. The van der Waals surface area contributed by atoms with E-state index < -0.39 is 28.5 Å². The van der Waals surface area contributed by atoms with Crippen LogP contribution in [0.5, 0.6) is 0 Å². The number of sulfonamides is 1. The van der Waals surface area contributed by atoms with Crippen LogP contribution in [0.4, 0.5) is 5.69 Å². The van der Waals surface area contributed by atoms with E-state index in [4.69, 9.17) is 23.2 Å². The van der Waals surface area contributed by atoms with Gasteiger partial charge in [0.15, 0.2) is 0 Å². The Bertz CT molecular complexity index is 1370. The lowest BCUT2D eigenvalue weighted by Gasteiger charge is -2.33. The maximum atomic E-state index is 13.9. The topological polar surface area (TPSA) is 86.8 Å². The van der Waals surface area contributed by atoms with E-state index in [0.29, 0.717) is 6.54 Å². The predicted molar refractivity (Wildman–Crippen MR) is 153 cm³/mol. The monoisotopic (exact) mass is 575 g/mol. The fourth-order valence-electron chi connectivity index (χ4n) is 4.02. The molecule has 0 aliphatic rings. The molecule has 1 N–H and O–H groups in total. The summed E-state index contributed by atoms with van der Waals surface area (Å²) in [6, 6.07) is 20.7. The molecule has 0 aliphatic heterocycles. The molecule has 3 rings (SSSR count). The molecule has 1 unspecified atom stereocenters. The van der Waals surface area contributed by atoms with Crippen molar-refractivity contribution in [1.29, 1.82) is 0 Å². The number of carbonyl (C=O) groups excluding carboxylic acids is 2. The first-order valence-corrected chi connectivity index (χ1v) is 14.7. The number of nitrogens with zero attached hydrogens (tertiary/aromatic N) is 2. The van der Waals surface area contributed by atoms with Crippen molar-refractivity contribution in [2.24, 2.45) is 0 Å². The molecule has 38 heavy (non-hydrogen) atoms. The second-order valence-corrected chi connectivity index (χ2v) is 11.6. The van der Waals surface area contributed by atoms with Crippen molar-refractivity contribution in [2.75, 3.05) is 23.7 Å². The Morgan fingerprint density at radius 2 is 1.58 bits per heavy atom. The van der Waals surface area contributed by atoms with Gasteiger partial charge in [-0.1, -0.05) is 89.4 Å². The quantitative estimate of drug-likeness (QED) is 0.354. The third-order valence-corrected chi connectivity index (χ3v) is 7.91. The molecule has 3 aromatic carbocycles. The SMILES string of the molecule is CCNC(=O)C(Cc1ccccc1)N(Cc1ccc(C)cc1)C(=O)CN(c1cccc(Cl)c1Cl)S(C)(=O)=O. The maximum absolute atomic E-state index is 13.9. The molecule has 0 aliphatic carbocycles. The molecule has 2 amide bonds. The summed E-state index contributed by atoms with van der Waals surface area (Å²) in [5.74, 6) is -0.886. The van der Waals surface area contributed by atoms with Crippen molar-refractivity contribution in [3.63, 3.8) is 0 Å². The molecule has 0 heterocycles. The number of rotatable bonds is 11. The number of carbonyl (C=O) groups is 2. The van der Waals surface area contributed by atoms with E-state index >= 15 is 0 Å². The van der Waals surface area contributed by atoms with Crippen LogP contribution in [0.15, 0.2) is 72.8 Å². The van der Waals surface area contributed by atoms with Gasteiger partial charge in [0.1, 0.15) is 12.6 Å². The van der Waals surface area contributed by atoms with Crippen LogP contribution in [0, 0.1) is 6.92 Å². The standard InChI is InChI=1S/C28H31Cl2N3O4S/c1-4-31-28(35)25(17-21-9-6-5-7-10-21)32(18-22-15-13-20(2)14-16-22)26(34)19-33(38(3,36)37)24-12-8-11-23(29)27(24)30/h5-16,25H,4,17-19H2,1-3H3,(H,31,35). The predicted octanol–water partition coefficient (Wildman–Crippen LogP) is 4.84. The Balaban J connectivity index is 2.06. The van der Waals surface area contributed by atoms with Gasteiger partial charge in [-0.3, -0.25) is 13.9 Å². The van der Waals surface area contributed by atoms with E-state index in [2.05, 4.69) is 5.32 Å². The van der Waals surface area contributed by atoms with Crippen LogP contribution in [-0.2, 0) is 32.6 Å². The fraction of sp³-hybridized carbons (Fsp3) is 0.286. The molecule has 0 bridgehead atoms. The Kier molecular flexibility index (Phi) is 10.2. The molecule has 7 nitrogen and oxygen atoms in total. The lowest BCUT2D eigenvalue weighted by atomic mass is 10.0. The van der Waals surface area contributed by atoms with Crippen LogP contribution >= 0.6 is 23.2 Å². The maximum Gasteiger partial charge on any atom is 0.244 e. The van der Waals surface area contributed by atoms with E-state index in [0.717, 1.165) is 27.3 Å². The zero-order valence-electron chi connectivity index (χ0n) is 21.5. The van der Waals surface area contributed by atoms with Crippen LogP contribution in [0.25, 0.3) is 0 Å². The molecule has 0 saturated carbocycles. The normalized spacial score (nSPS) is 12.0. The molecular weight excluding hydrogens is 545 g/mol. The first-order valence-electron chi connectivity index (χ1n) is 12.1. The van der Waals surface area contributed by atoms with Crippen LogP contribution in [0.1, 0.15) is 23.6 Å². The molecule has 0 saturated heterocycles. The number of hydrogen-bond acceptors (Lipinski definition) is 4. The van der Waals surface area contributed by atoms with Crippen molar-refractivity contribution in [3.8, 4) is 0 Å². The van der Waals surface area contributed by atoms with Crippen LogP contribution in [0.2, 0.25) is 10.0 Å². The minimum absolute atomic E-state index is 0.0158. The second-order valence-electron chi connectivity index (χ2n) is 8.95. The van der Waals surface area contributed by atoms with Crippen LogP contribution in [-0.4, -0.2) is 50.5 Å². The average molecular weight is 577 g/mol. The van der Waals surface area contributed by atoms with Gasteiger partial charge in [0.2, 0.25) is 21.8 Å². The van der Waals surface area contributed by atoms with Crippen LogP contribution < -0.4 is 9.62 Å². The van der Waals surface area contributed by atoms with E-state index in [1.54, 1.807) is 13.0 Å². The summed E-state index contributed by atoms with van der Waals surface area (Å²) in [4.78, 5) is 28.7. The summed E-state index contributed by atoms with van der Waals surface area (Å²) in [5, 5.41) is 3.00. The highest BCUT2D eigenvalue weighted by Gasteiger charge is 2.33. The minimum Gasteiger partial charge on any atom is -0.355 e. The highest BCUT2D eigenvalue weighted by atomic mass is 35.5. The Morgan fingerprint density at radius 3 is 2.18 bits per heavy atom. The molecule has 10 heteroatoms. The summed E-state index contributed by atoms with van der Waals surface area (Å²) < 4.78 is 26.6. The van der Waals surface area contributed by atoms with Crippen LogP contribution in [0.3, 0.4) is 0 Å². The number of amides is 2. The van der Waals surface area contributed by atoms with Crippen molar-refractivity contribution in [1.82, 2.24) is 10.2 Å². The first-order chi connectivity index (χ1) is 18.0. The molecule has 202 valence electrons. The smallest absolute Gasteiger partial charge is 0.244 e. The average Bonchev–Trinajstić information content (AvgIpc) is 2.87. The van der Waals surface area contributed by atoms with Gasteiger partial charge >= 0.3 is 0 Å². The van der Waals surface area contributed by atoms with Gasteiger partial charge in [0.25, 0.3) is 0 Å². The molecule has 0 aromatic heterocycles. The van der Waals surface area contributed by atoms with E-state index in [1.807, 2.05) is 61.5 Å². The van der Waals surface area contributed by atoms with E-state index in [-0.39, 0.29) is 34.6 Å². The fourth-order valence-corrected chi connectivity index (χ4v) is 5.32. The van der Waals surface area contributed by atoms with Crippen molar-refractivity contribution >= 4 is 50.7 Å². The van der Waals surface area contributed by atoms with Gasteiger partial charge in [-0.05, 0) is 37.1 Å². The molecular formula is C28H31Cl2N3O4S. The summed E-state index contributed by atoms with van der Waals surface area (Å²) in [7, 11) is -3.94. The number of anilines is 1. The van der Waals surface area contributed by atoms with Gasteiger partial charge in [-0.25, -0.2) is 8.42 Å². The number of benzene rings is 3. The van der Waals surface area contributed by atoms with Gasteiger partial charge in [-0.2, -0.15) is 0 Å². The highest BCUT2D eigenvalue weighted by Crippen LogP contribution is 2.33. The van der Waals surface area contributed by atoms with Gasteiger partial charge < -0.3 is 10.2 Å². The minimum atomic E-state index is -3.94. The van der Waals surface area contributed by atoms with Crippen molar-refractivity contribution in [3.05, 3.63) is 99.5 Å². The first kappa shape index (κ1) is 29.5. The summed E-state index contributed by atoms with van der Waals surface area (Å²) in [6.45, 7) is 3.68. The number of nitrogens with one attached hydrogen (secondary N) is 1. The lowest BCUT2D eigenvalue weighted by Crippen LogP contribution is -2.53. The zero-order chi connectivity index (χ0) is 27.9. The molecule has 0 fully saturated rings. The van der Waals surface area contributed by atoms with Crippen molar-refractivity contribution in [2.45, 2.75) is 32.9 Å². The third-order valence-electron chi connectivity index (χ3n) is 5.97. The number of halogens is 2. The number of aryl methyl sites for hydroxylation is 1. The third kappa shape index (κ3) is 7.72. The van der Waals surface area contributed by atoms with Gasteiger partial charge in [-0.15, -0.1) is 0 Å². The number of hydrogen-bond donors (Lipinski definition) is 1. The second kappa shape index (κ2) is 13.1. The van der Waals surface area contributed by atoms with Gasteiger partial charge in [0.05, 0.1) is 22.0 Å². The summed E-state index contributed by atoms with van der Waals surface area (Å²) in [6.07, 6.45) is 1.24. The Hall–Kier alpha value is -3.07. The lowest BCUT2D eigenvalue weighted by molar-refractivity contribution is -0.140. The molecule has 3 aromatic rings. The molecule has 0 radical (unpaired) electrons. The Labute approximate surface area is 234 Å². The highest BCUT2D eigenvalue weighted by molar-refractivity contribution is 7.92. The van der Waals surface area contributed by atoms with E-state index in [1.165, 1.54) is 17.0 Å². The summed E-state index contributed by atoms with van der Waals surface area (Å²) >= 11 is 12.5. The van der Waals surface area contributed by atoms with E-state index in [9.17, 15) is 18.0 Å². The summed E-state index contributed by atoms with van der Waals surface area (Å²) in [5.41, 5.74) is 2.80. The number of likely N-dealkylation sites (N-methyl/N-ethyl adjacent to an activating group) is 1. The van der Waals surface area contributed by atoms with Crippen molar-refractivity contribution < 1.29 is 18.0 Å². The zero-order valence-corrected chi connectivity index (χ0v) is 23.9. The van der Waals surface area contributed by atoms with Gasteiger partial charge in [0, 0.05) is 19.5 Å². The largest absolute Gasteiger partial charge is 0.355 e. The Morgan fingerprint density at radius 1 is 0.921 bits per heavy atom.